The lowest BCUT2D eigenvalue weighted by atomic mass is 9.89. The Bertz CT molecular complexity index is 418. The molecule has 0 aromatic carbocycles. The van der Waals surface area contributed by atoms with E-state index in [2.05, 4.69) is 5.10 Å². The van der Waals surface area contributed by atoms with E-state index in [1.54, 1.807) is 15.8 Å². The van der Waals surface area contributed by atoms with Gasteiger partial charge in [-0.1, -0.05) is 20.8 Å². The number of aliphatic hydroxyl groups excluding tert-OH is 1. The van der Waals surface area contributed by atoms with Gasteiger partial charge in [0.1, 0.15) is 0 Å². The summed E-state index contributed by atoms with van der Waals surface area (Å²) in [4.78, 5) is 14.0. The summed E-state index contributed by atoms with van der Waals surface area (Å²) in [7, 11) is 1.81. The van der Waals surface area contributed by atoms with Crippen molar-refractivity contribution in [3.8, 4) is 0 Å². The van der Waals surface area contributed by atoms with Crippen molar-refractivity contribution in [3.05, 3.63) is 17.5 Å². The van der Waals surface area contributed by atoms with Crippen molar-refractivity contribution in [2.75, 3.05) is 19.7 Å². The van der Waals surface area contributed by atoms with E-state index >= 15 is 0 Å². The molecular formula is C13H23N3O2. The number of aliphatic hydroxyl groups is 1. The van der Waals surface area contributed by atoms with Crippen molar-refractivity contribution < 1.29 is 9.90 Å². The molecule has 0 aliphatic rings. The lowest BCUT2D eigenvalue weighted by molar-refractivity contribution is 0.0729. The predicted octanol–water partition coefficient (Wildman–Crippen LogP) is 1.17. The number of hydrogen-bond donors (Lipinski definition) is 1. The van der Waals surface area contributed by atoms with Crippen LogP contribution in [0.4, 0.5) is 0 Å². The van der Waals surface area contributed by atoms with E-state index in [1.165, 1.54) is 0 Å². The molecule has 0 atom stereocenters. The fourth-order valence-corrected chi connectivity index (χ4v) is 1.89. The quantitative estimate of drug-likeness (QED) is 0.876. The second kappa shape index (κ2) is 5.52. The van der Waals surface area contributed by atoms with Crippen molar-refractivity contribution in [2.45, 2.75) is 33.1 Å². The Balaban J connectivity index is 3.12. The van der Waals surface area contributed by atoms with Gasteiger partial charge in [0.25, 0.3) is 5.91 Å². The monoisotopic (exact) mass is 253 g/mol. The first-order chi connectivity index (χ1) is 8.31. The molecule has 0 spiro atoms. The third-order valence-corrected chi connectivity index (χ3v) is 2.81. The SMILES string of the molecule is CCN(CCO)C(=O)c1cn(C)nc1C(C)(C)C. The summed E-state index contributed by atoms with van der Waals surface area (Å²) in [5.74, 6) is -0.0652. The predicted molar refractivity (Wildman–Crippen MR) is 70.6 cm³/mol. The van der Waals surface area contributed by atoms with E-state index in [1.807, 2.05) is 34.7 Å². The van der Waals surface area contributed by atoms with E-state index < -0.39 is 0 Å². The van der Waals surface area contributed by atoms with Crippen LogP contribution >= 0.6 is 0 Å². The summed E-state index contributed by atoms with van der Waals surface area (Å²) in [6, 6.07) is 0. The second-order valence-electron chi connectivity index (χ2n) is 5.42. The molecule has 5 nitrogen and oxygen atoms in total. The van der Waals surface area contributed by atoms with Gasteiger partial charge in [-0.25, -0.2) is 0 Å². The Morgan fingerprint density at radius 3 is 2.56 bits per heavy atom. The van der Waals surface area contributed by atoms with Gasteiger partial charge in [-0.05, 0) is 6.92 Å². The summed E-state index contributed by atoms with van der Waals surface area (Å²) < 4.78 is 1.67. The van der Waals surface area contributed by atoms with Gasteiger partial charge in [-0.3, -0.25) is 9.48 Å². The van der Waals surface area contributed by atoms with Crippen LogP contribution in [0.15, 0.2) is 6.20 Å². The first kappa shape index (κ1) is 14.7. The van der Waals surface area contributed by atoms with Crippen molar-refractivity contribution in [1.29, 1.82) is 0 Å². The molecule has 1 rings (SSSR count). The third kappa shape index (κ3) is 3.10. The fourth-order valence-electron chi connectivity index (χ4n) is 1.89. The molecule has 0 bridgehead atoms. The molecule has 0 aliphatic carbocycles. The summed E-state index contributed by atoms with van der Waals surface area (Å²) in [5.41, 5.74) is 1.25. The Labute approximate surface area is 108 Å². The van der Waals surface area contributed by atoms with Gasteiger partial charge in [-0.15, -0.1) is 0 Å². The summed E-state index contributed by atoms with van der Waals surface area (Å²) in [6.45, 7) is 8.92. The van der Waals surface area contributed by atoms with Gasteiger partial charge in [0.2, 0.25) is 0 Å². The van der Waals surface area contributed by atoms with Gasteiger partial charge in [0.15, 0.2) is 0 Å². The zero-order chi connectivity index (χ0) is 13.9. The minimum atomic E-state index is -0.176. The molecule has 0 saturated heterocycles. The molecule has 0 saturated carbocycles. The highest BCUT2D eigenvalue weighted by Crippen LogP contribution is 2.25. The molecule has 1 heterocycles. The van der Waals surface area contributed by atoms with E-state index in [-0.39, 0.29) is 17.9 Å². The van der Waals surface area contributed by atoms with E-state index in [4.69, 9.17) is 5.11 Å². The Morgan fingerprint density at radius 2 is 2.11 bits per heavy atom. The van der Waals surface area contributed by atoms with Crippen molar-refractivity contribution in [3.63, 3.8) is 0 Å². The first-order valence-corrected chi connectivity index (χ1v) is 6.25. The van der Waals surface area contributed by atoms with Crippen LogP contribution in [-0.4, -0.2) is 45.4 Å². The second-order valence-corrected chi connectivity index (χ2v) is 5.42. The maximum atomic E-state index is 12.4. The molecule has 102 valence electrons. The van der Waals surface area contributed by atoms with Crippen LogP contribution in [0, 0.1) is 0 Å². The van der Waals surface area contributed by atoms with Crippen LogP contribution in [0.5, 0.6) is 0 Å². The van der Waals surface area contributed by atoms with Gasteiger partial charge in [-0.2, -0.15) is 5.10 Å². The smallest absolute Gasteiger partial charge is 0.257 e. The van der Waals surface area contributed by atoms with Crippen molar-refractivity contribution in [2.24, 2.45) is 7.05 Å². The molecule has 1 aromatic heterocycles. The number of hydrogen-bond acceptors (Lipinski definition) is 3. The van der Waals surface area contributed by atoms with Gasteiger partial charge in [0, 0.05) is 31.7 Å². The maximum absolute atomic E-state index is 12.4. The molecule has 0 fully saturated rings. The number of rotatable bonds is 4. The number of nitrogens with zero attached hydrogens (tertiary/aromatic N) is 3. The zero-order valence-corrected chi connectivity index (χ0v) is 11.9. The highest BCUT2D eigenvalue weighted by atomic mass is 16.3. The summed E-state index contributed by atoms with van der Waals surface area (Å²) >= 11 is 0. The number of carbonyl (C=O) groups excluding carboxylic acids is 1. The van der Waals surface area contributed by atoms with E-state index in [0.29, 0.717) is 18.7 Å². The van der Waals surface area contributed by atoms with Gasteiger partial charge in [0.05, 0.1) is 17.9 Å². The van der Waals surface area contributed by atoms with E-state index in [0.717, 1.165) is 5.69 Å². The maximum Gasteiger partial charge on any atom is 0.257 e. The lowest BCUT2D eigenvalue weighted by Crippen LogP contribution is -2.34. The Hall–Kier alpha value is -1.36. The number of aromatic nitrogens is 2. The third-order valence-electron chi connectivity index (χ3n) is 2.81. The average molecular weight is 253 g/mol. The summed E-state index contributed by atoms with van der Waals surface area (Å²) in [6.07, 6.45) is 1.75. The molecule has 0 unspecified atom stereocenters. The molecule has 1 amide bonds. The molecule has 0 aliphatic heterocycles. The molecular weight excluding hydrogens is 230 g/mol. The van der Waals surface area contributed by atoms with Crippen LogP contribution in [0.2, 0.25) is 0 Å². The average Bonchev–Trinajstić information content (AvgIpc) is 2.67. The number of carbonyl (C=O) groups is 1. The number of likely N-dealkylation sites (N-methyl/N-ethyl adjacent to an activating group) is 1. The number of aryl methyl sites for hydroxylation is 1. The van der Waals surface area contributed by atoms with Crippen LogP contribution in [0.25, 0.3) is 0 Å². The largest absolute Gasteiger partial charge is 0.395 e. The highest BCUT2D eigenvalue weighted by molar-refractivity contribution is 5.95. The van der Waals surface area contributed by atoms with E-state index in [9.17, 15) is 4.79 Å². The standard InChI is InChI=1S/C13H23N3O2/c1-6-16(7-8-17)12(18)10-9-15(5)14-11(10)13(2,3)4/h9,17H,6-8H2,1-5H3. The first-order valence-electron chi connectivity index (χ1n) is 6.25. The Morgan fingerprint density at radius 1 is 1.50 bits per heavy atom. The molecule has 18 heavy (non-hydrogen) atoms. The van der Waals surface area contributed by atoms with Gasteiger partial charge < -0.3 is 10.0 Å². The molecule has 0 radical (unpaired) electrons. The van der Waals surface area contributed by atoms with Crippen molar-refractivity contribution >= 4 is 5.91 Å². The lowest BCUT2D eigenvalue weighted by Gasteiger charge is -2.22. The van der Waals surface area contributed by atoms with Crippen LogP contribution < -0.4 is 0 Å². The number of amides is 1. The van der Waals surface area contributed by atoms with Crippen LogP contribution in [0.3, 0.4) is 0 Å². The minimum absolute atomic E-state index is 0.0231. The molecule has 1 N–H and O–H groups in total. The topological polar surface area (TPSA) is 58.4 Å². The minimum Gasteiger partial charge on any atom is -0.395 e. The summed E-state index contributed by atoms with van der Waals surface area (Å²) in [5, 5.41) is 13.4. The molecule has 1 aromatic rings. The van der Waals surface area contributed by atoms with Crippen LogP contribution in [0.1, 0.15) is 43.7 Å². The fraction of sp³-hybridized carbons (Fsp3) is 0.692. The highest BCUT2D eigenvalue weighted by Gasteiger charge is 2.27. The zero-order valence-electron chi connectivity index (χ0n) is 11.9. The normalized spacial score (nSPS) is 11.7. The van der Waals surface area contributed by atoms with Crippen LogP contribution in [-0.2, 0) is 12.5 Å². The Kier molecular flexibility index (Phi) is 4.51. The van der Waals surface area contributed by atoms with Crippen molar-refractivity contribution in [1.82, 2.24) is 14.7 Å². The van der Waals surface area contributed by atoms with Gasteiger partial charge >= 0.3 is 0 Å². The molecule has 5 heteroatoms.